The quantitative estimate of drug-likeness (QED) is 0.922. The van der Waals surface area contributed by atoms with Crippen molar-refractivity contribution in [1.29, 1.82) is 0 Å². The van der Waals surface area contributed by atoms with Crippen molar-refractivity contribution in [2.24, 2.45) is 0 Å². The maximum atomic E-state index is 12.4. The molecule has 2 amide bonds. The summed E-state index contributed by atoms with van der Waals surface area (Å²) in [6.07, 6.45) is 1.87. The number of rotatable bonds is 2. The largest absolute Gasteiger partial charge is 0.322 e. The Morgan fingerprint density at radius 3 is 2.65 bits per heavy atom. The third-order valence-electron chi connectivity index (χ3n) is 4.23. The molecule has 0 unspecified atom stereocenters. The molecule has 3 rings (SSSR count). The molecule has 0 bridgehead atoms. The third kappa shape index (κ3) is 3.11. The number of amides is 2. The van der Waals surface area contributed by atoms with Gasteiger partial charge in [0.1, 0.15) is 0 Å². The molecule has 118 valence electrons. The predicted octanol–water partition coefficient (Wildman–Crippen LogP) is 3.55. The molecule has 1 aliphatic rings. The van der Waals surface area contributed by atoms with Crippen molar-refractivity contribution >= 4 is 23.2 Å². The van der Waals surface area contributed by atoms with Gasteiger partial charge >= 0.3 is 0 Å². The molecule has 1 aliphatic heterocycles. The highest BCUT2D eigenvalue weighted by molar-refractivity contribution is 6.05. The van der Waals surface area contributed by atoms with Gasteiger partial charge in [0.05, 0.1) is 0 Å². The average Bonchev–Trinajstić information content (AvgIpc) is 2.54. The normalized spacial score (nSPS) is 13.4. The summed E-state index contributed by atoms with van der Waals surface area (Å²) in [5, 5.41) is 2.95. The first-order valence-electron chi connectivity index (χ1n) is 7.84. The lowest BCUT2D eigenvalue weighted by Crippen LogP contribution is -2.33. The molecule has 1 N–H and O–H groups in total. The number of fused-ring (bicyclic) bond motifs is 1. The van der Waals surface area contributed by atoms with E-state index in [1.807, 2.05) is 49.4 Å². The molecule has 23 heavy (non-hydrogen) atoms. The standard InChI is InChI=1S/C19H20N2O2/c1-13-6-3-4-8-17(13)19(23)20-16-9-10-18-15(12-16)7-5-11-21(18)14(2)22/h3-4,6,8-10,12H,5,7,11H2,1-2H3,(H,20,23). The second-order valence-corrected chi connectivity index (χ2v) is 5.89. The van der Waals surface area contributed by atoms with Crippen LogP contribution in [0.1, 0.15) is 34.8 Å². The molecule has 0 saturated carbocycles. The molecule has 2 aromatic rings. The van der Waals surface area contributed by atoms with Crippen LogP contribution in [-0.4, -0.2) is 18.4 Å². The highest BCUT2D eigenvalue weighted by atomic mass is 16.2. The minimum atomic E-state index is -0.109. The summed E-state index contributed by atoms with van der Waals surface area (Å²) in [5.41, 5.74) is 4.45. The molecule has 4 heteroatoms. The first-order chi connectivity index (χ1) is 11.1. The van der Waals surface area contributed by atoms with Gasteiger partial charge in [0.2, 0.25) is 5.91 Å². The zero-order valence-electron chi connectivity index (χ0n) is 13.4. The van der Waals surface area contributed by atoms with E-state index in [2.05, 4.69) is 5.32 Å². The Kier molecular flexibility index (Phi) is 4.15. The van der Waals surface area contributed by atoms with E-state index < -0.39 is 0 Å². The molecule has 0 radical (unpaired) electrons. The van der Waals surface area contributed by atoms with Gasteiger partial charge in [-0.1, -0.05) is 18.2 Å². The van der Waals surface area contributed by atoms with E-state index in [4.69, 9.17) is 0 Å². The smallest absolute Gasteiger partial charge is 0.255 e. The summed E-state index contributed by atoms with van der Waals surface area (Å²) in [6.45, 7) is 4.27. The van der Waals surface area contributed by atoms with Gasteiger partial charge in [0, 0.05) is 30.4 Å². The first kappa shape index (κ1) is 15.3. The number of hydrogen-bond acceptors (Lipinski definition) is 2. The van der Waals surface area contributed by atoms with Crippen LogP contribution in [0.15, 0.2) is 42.5 Å². The Hall–Kier alpha value is -2.62. The van der Waals surface area contributed by atoms with E-state index in [-0.39, 0.29) is 11.8 Å². The number of benzene rings is 2. The number of carbonyl (C=O) groups excluding carboxylic acids is 2. The van der Waals surface area contributed by atoms with E-state index >= 15 is 0 Å². The number of aryl methyl sites for hydroxylation is 2. The van der Waals surface area contributed by atoms with Gasteiger partial charge in [-0.25, -0.2) is 0 Å². The highest BCUT2D eigenvalue weighted by Crippen LogP contribution is 2.30. The number of anilines is 2. The van der Waals surface area contributed by atoms with Crippen molar-refractivity contribution in [2.75, 3.05) is 16.8 Å². The molecule has 0 spiro atoms. The Morgan fingerprint density at radius 2 is 1.91 bits per heavy atom. The van der Waals surface area contributed by atoms with Crippen LogP contribution < -0.4 is 10.2 Å². The summed E-state index contributed by atoms with van der Waals surface area (Å²) < 4.78 is 0. The fraction of sp³-hybridized carbons (Fsp3) is 0.263. The van der Waals surface area contributed by atoms with Crippen molar-refractivity contribution < 1.29 is 9.59 Å². The number of hydrogen-bond donors (Lipinski definition) is 1. The highest BCUT2D eigenvalue weighted by Gasteiger charge is 2.20. The zero-order valence-corrected chi connectivity index (χ0v) is 13.4. The second-order valence-electron chi connectivity index (χ2n) is 5.89. The van der Waals surface area contributed by atoms with Gasteiger partial charge < -0.3 is 10.2 Å². The predicted molar refractivity (Wildman–Crippen MR) is 91.9 cm³/mol. The zero-order chi connectivity index (χ0) is 16.4. The van der Waals surface area contributed by atoms with Crippen LogP contribution in [0.5, 0.6) is 0 Å². The molecule has 0 saturated heterocycles. The molecule has 0 atom stereocenters. The summed E-state index contributed by atoms with van der Waals surface area (Å²) in [6, 6.07) is 13.3. The van der Waals surface area contributed by atoms with E-state index in [9.17, 15) is 9.59 Å². The number of carbonyl (C=O) groups is 2. The Balaban J connectivity index is 1.84. The van der Waals surface area contributed by atoms with Crippen LogP contribution in [0.2, 0.25) is 0 Å². The summed E-state index contributed by atoms with van der Waals surface area (Å²) >= 11 is 0. The van der Waals surface area contributed by atoms with Gasteiger partial charge in [-0.2, -0.15) is 0 Å². The lowest BCUT2D eigenvalue weighted by atomic mass is 10.0. The lowest BCUT2D eigenvalue weighted by Gasteiger charge is -2.29. The van der Waals surface area contributed by atoms with Gasteiger partial charge in [0.15, 0.2) is 0 Å². The second kappa shape index (κ2) is 6.24. The van der Waals surface area contributed by atoms with Crippen molar-refractivity contribution in [3.8, 4) is 0 Å². The molecule has 0 aliphatic carbocycles. The van der Waals surface area contributed by atoms with Crippen LogP contribution in [0, 0.1) is 6.92 Å². The Labute approximate surface area is 136 Å². The molecule has 1 heterocycles. The molecule has 0 fully saturated rings. The van der Waals surface area contributed by atoms with Gasteiger partial charge in [0.25, 0.3) is 5.91 Å². The average molecular weight is 308 g/mol. The molecular formula is C19H20N2O2. The van der Waals surface area contributed by atoms with Crippen LogP contribution in [0.3, 0.4) is 0 Å². The number of nitrogens with one attached hydrogen (secondary N) is 1. The van der Waals surface area contributed by atoms with E-state index in [0.717, 1.165) is 41.9 Å². The van der Waals surface area contributed by atoms with Crippen LogP contribution >= 0.6 is 0 Å². The first-order valence-corrected chi connectivity index (χ1v) is 7.84. The van der Waals surface area contributed by atoms with Crippen LogP contribution in [0.4, 0.5) is 11.4 Å². The van der Waals surface area contributed by atoms with Crippen molar-refractivity contribution in [3.05, 3.63) is 59.2 Å². The fourth-order valence-electron chi connectivity index (χ4n) is 3.03. The Bertz CT molecular complexity index is 768. The summed E-state index contributed by atoms with van der Waals surface area (Å²) in [5.74, 6) is -0.0510. The third-order valence-corrected chi connectivity index (χ3v) is 4.23. The summed E-state index contributed by atoms with van der Waals surface area (Å²) in [7, 11) is 0. The molecule has 4 nitrogen and oxygen atoms in total. The minimum absolute atomic E-state index is 0.0580. The van der Waals surface area contributed by atoms with Gasteiger partial charge in [-0.05, 0) is 55.2 Å². The topological polar surface area (TPSA) is 49.4 Å². The Morgan fingerprint density at radius 1 is 1.13 bits per heavy atom. The number of nitrogens with zero attached hydrogens (tertiary/aromatic N) is 1. The minimum Gasteiger partial charge on any atom is -0.322 e. The maximum absolute atomic E-state index is 12.4. The molecular weight excluding hydrogens is 288 g/mol. The monoisotopic (exact) mass is 308 g/mol. The SMILES string of the molecule is CC(=O)N1CCCc2cc(NC(=O)c3ccccc3C)ccc21. The fourth-order valence-corrected chi connectivity index (χ4v) is 3.03. The molecule has 2 aromatic carbocycles. The van der Waals surface area contributed by atoms with Crippen molar-refractivity contribution in [1.82, 2.24) is 0 Å². The molecule has 0 aromatic heterocycles. The maximum Gasteiger partial charge on any atom is 0.255 e. The van der Waals surface area contributed by atoms with Gasteiger partial charge in [-0.3, -0.25) is 9.59 Å². The van der Waals surface area contributed by atoms with Crippen molar-refractivity contribution in [3.63, 3.8) is 0 Å². The lowest BCUT2D eigenvalue weighted by molar-refractivity contribution is -0.116. The summed E-state index contributed by atoms with van der Waals surface area (Å²) in [4.78, 5) is 25.9. The van der Waals surface area contributed by atoms with E-state index in [1.165, 1.54) is 0 Å². The van der Waals surface area contributed by atoms with Crippen LogP contribution in [0.25, 0.3) is 0 Å². The van der Waals surface area contributed by atoms with E-state index in [1.54, 1.807) is 11.8 Å². The van der Waals surface area contributed by atoms with Gasteiger partial charge in [-0.15, -0.1) is 0 Å². The van der Waals surface area contributed by atoms with E-state index in [0.29, 0.717) is 5.56 Å². The van der Waals surface area contributed by atoms with Crippen molar-refractivity contribution in [2.45, 2.75) is 26.7 Å². The van der Waals surface area contributed by atoms with Crippen LogP contribution in [-0.2, 0) is 11.2 Å².